The maximum absolute atomic E-state index is 5.25. The van der Waals surface area contributed by atoms with Crippen molar-refractivity contribution in [3.63, 3.8) is 0 Å². The van der Waals surface area contributed by atoms with E-state index in [9.17, 15) is 0 Å². The van der Waals surface area contributed by atoms with Crippen LogP contribution in [0.3, 0.4) is 0 Å². The molecule has 1 aromatic heterocycles. The van der Waals surface area contributed by atoms with Crippen LogP contribution < -0.4 is 14.8 Å². The molecule has 0 saturated carbocycles. The summed E-state index contributed by atoms with van der Waals surface area (Å²) in [6.07, 6.45) is 1.71. The number of benzene rings is 1. The second-order valence-corrected chi connectivity index (χ2v) is 4.22. The lowest BCUT2D eigenvalue weighted by molar-refractivity contribution is 0.399. The van der Waals surface area contributed by atoms with Crippen molar-refractivity contribution in [3.8, 4) is 11.6 Å². The predicted molar refractivity (Wildman–Crippen MR) is 75.8 cm³/mol. The highest BCUT2D eigenvalue weighted by atomic mass is 16.5. The van der Waals surface area contributed by atoms with Crippen LogP contribution in [0.2, 0.25) is 0 Å². The monoisotopic (exact) mass is 258 g/mol. The average molecular weight is 258 g/mol. The van der Waals surface area contributed by atoms with Gasteiger partial charge in [-0.3, -0.25) is 0 Å². The molecule has 100 valence electrons. The molecule has 0 aliphatic heterocycles. The van der Waals surface area contributed by atoms with Crippen LogP contribution in [0.25, 0.3) is 0 Å². The number of methoxy groups -OCH3 is 2. The van der Waals surface area contributed by atoms with Gasteiger partial charge in [-0.05, 0) is 36.2 Å². The smallest absolute Gasteiger partial charge is 0.237 e. The van der Waals surface area contributed by atoms with Crippen molar-refractivity contribution < 1.29 is 9.47 Å². The molecule has 1 heterocycles. The highest BCUT2D eigenvalue weighted by Crippen LogP contribution is 2.22. The molecule has 0 unspecified atom stereocenters. The normalized spacial score (nSPS) is 10.1. The van der Waals surface area contributed by atoms with Crippen LogP contribution in [0.4, 0.5) is 5.69 Å². The molecule has 19 heavy (non-hydrogen) atoms. The van der Waals surface area contributed by atoms with Gasteiger partial charge in [0.15, 0.2) is 0 Å². The molecule has 2 aromatic rings. The van der Waals surface area contributed by atoms with Crippen LogP contribution in [0.1, 0.15) is 11.1 Å². The van der Waals surface area contributed by atoms with Crippen LogP contribution in [-0.2, 0) is 6.54 Å². The predicted octanol–water partition coefficient (Wildman–Crippen LogP) is 3.02. The van der Waals surface area contributed by atoms with Gasteiger partial charge >= 0.3 is 0 Å². The Morgan fingerprint density at radius 1 is 1.16 bits per heavy atom. The van der Waals surface area contributed by atoms with E-state index >= 15 is 0 Å². The molecule has 1 N–H and O–H groups in total. The zero-order valence-corrected chi connectivity index (χ0v) is 11.4. The Hall–Kier alpha value is -2.23. The fourth-order valence-corrected chi connectivity index (χ4v) is 1.94. The molecule has 0 aliphatic rings. The molecule has 1 aromatic carbocycles. The van der Waals surface area contributed by atoms with Crippen LogP contribution in [0.5, 0.6) is 11.6 Å². The van der Waals surface area contributed by atoms with Crippen molar-refractivity contribution in [2.24, 2.45) is 0 Å². The lowest BCUT2D eigenvalue weighted by atomic mass is 10.1. The van der Waals surface area contributed by atoms with Gasteiger partial charge in [0.2, 0.25) is 5.88 Å². The molecule has 0 amide bonds. The third-order valence-electron chi connectivity index (χ3n) is 2.91. The quantitative estimate of drug-likeness (QED) is 0.895. The first-order chi connectivity index (χ1) is 9.24. The first kappa shape index (κ1) is 13.2. The summed E-state index contributed by atoms with van der Waals surface area (Å²) in [4.78, 5) is 4.15. The fraction of sp³-hybridized carbons (Fsp3) is 0.267. The first-order valence-electron chi connectivity index (χ1n) is 6.11. The Bertz CT molecular complexity index is 556. The number of ether oxygens (including phenoxy) is 2. The topological polar surface area (TPSA) is 43.4 Å². The van der Waals surface area contributed by atoms with Crippen molar-refractivity contribution in [3.05, 3.63) is 47.7 Å². The van der Waals surface area contributed by atoms with Gasteiger partial charge in [0.05, 0.1) is 19.9 Å². The summed E-state index contributed by atoms with van der Waals surface area (Å²) < 4.78 is 10.4. The molecule has 0 spiro atoms. The van der Waals surface area contributed by atoms with E-state index in [2.05, 4.69) is 16.4 Å². The maximum Gasteiger partial charge on any atom is 0.237 e. The molecule has 0 aliphatic carbocycles. The van der Waals surface area contributed by atoms with Crippen LogP contribution in [-0.4, -0.2) is 19.2 Å². The summed E-state index contributed by atoms with van der Waals surface area (Å²) in [5.74, 6) is 1.51. The Balaban J connectivity index is 2.08. The Morgan fingerprint density at radius 2 is 2.00 bits per heavy atom. The number of rotatable bonds is 5. The van der Waals surface area contributed by atoms with Crippen molar-refractivity contribution in [2.75, 3.05) is 19.5 Å². The number of nitrogens with zero attached hydrogens (tertiary/aromatic N) is 1. The first-order valence-corrected chi connectivity index (χ1v) is 6.11. The van der Waals surface area contributed by atoms with Gasteiger partial charge in [-0.2, -0.15) is 0 Å². The van der Waals surface area contributed by atoms with Crippen molar-refractivity contribution in [2.45, 2.75) is 13.5 Å². The van der Waals surface area contributed by atoms with Crippen LogP contribution in [0, 0.1) is 6.92 Å². The number of nitrogens with one attached hydrogen (secondary N) is 1. The molecule has 0 radical (unpaired) electrons. The minimum atomic E-state index is 0.604. The molecular weight excluding hydrogens is 240 g/mol. The standard InChI is InChI=1S/C15H18N2O2/c1-11-9-12(6-7-14(11)18-2)10-17-13-5-4-8-16-15(13)19-3/h4-9,17H,10H2,1-3H3. The summed E-state index contributed by atoms with van der Waals surface area (Å²) in [5, 5.41) is 3.32. The van der Waals surface area contributed by atoms with Gasteiger partial charge in [0, 0.05) is 12.7 Å². The summed E-state index contributed by atoms with van der Waals surface area (Å²) in [7, 11) is 3.30. The zero-order chi connectivity index (χ0) is 13.7. The lowest BCUT2D eigenvalue weighted by Gasteiger charge is -2.11. The zero-order valence-electron chi connectivity index (χ0n) is 11.4. The third-order valence-corrected chi connectivity index (χ3v) is 2.91. The third kappa shape index (κ3) is 3.16. The summed E-state index contributed by atoms with van der Waals surface area (Å²) in [5.41, 5.74) is 3.20. The molecule has 2 rings (SSSR count). The molecule has 4 nitrogen and oxygen atoms in total. The molecular formula is C15H18N2O2. The van der Waals surface area contributed by atoms with Gasteiger partial charge in [-0.15, -0.1) is 0 Å². The van der Waals surface area contributed by atoms with E-state index in [4.69, 9.17) is 9.47 Å². The van der Waals surface area contributed by atoms with Crippen molar-refractivity contribution >= 4 is 5.69 Å². The number of aryl methyl sites for hydroxylation is 1. The fourth-order valence-electron chi connectivity index (χ4n) is 1.94. The number of aromatic nitrogens is 1. The van der Waals surface area contributed by atoms with Crippen LogP contribution >= 0.6 is 0 Å². The van der Waals surface area contributed by atoms with E-state index in [1.165, 1.54) is 5.56 Å². The Morgan fingerprint density at radius 3 is 2.68 bits per heavy atom. The highest BCUT2D eigenvalue weighted by molar-refractivity contribution is 5.52. The largest absolute Gasteiger partial charge is 0.496 e. The van der Waals surface area contributed by atoms with Crippen molar-refractivity contribution in [1.29, 1.82) is 0 Å². The summed E-state index contributed by atoms with van der Waals surface area (Å²) >= 11 is 0. The molecule has 0 bridgehead atoms. The number of hydrogen-bond acceptors (Lipinski definition) is 4. The SMILES string of the molecule is COc1ccc(CNc2cccnc2OC)cc1C. The van der Waals surface area contributed by atoms with E-state index in [0.717, 1.165) is 17.0 Å². The number of pyridine rings is 1. The second-order valence-electron chi connectivity index (χ2n) is 4.22. The minimum absolute atomic E-state index is 0.604. The molecule has 0 atom stereocenters. The van der Waals surface area contributed by atoms with Gasteiger partial charge in [-0.1, -0.05) is 12.1 Å². The van der Waals surface area contributed by atoms with E-state index in [1.54, 1.807) is 20.4 Å². The van der Waals surface area contributed by atoms with Gasteiger partial charge in [0.25, 0.3) is 0 Å². The maximum atomic E-state index is 5.25. The molecule has 0 fully saturated rings. The summed E-state index contributed by atoms with van der Waals surface area (Å²) in [6, 6.07) is 9.95. The van der Waals surface area contributed by atoms with E-state index in [-0.39, 0.29) is 0 Å². The van der Waals surface area contributed by atoms with Crippen molar-refractivity contribution in [1.82, 2.24) is 4.98 Å². The number of hydrogen-bond donors (Lipinski definition) is 1. The van der Waals surface area contributed by atoms with Gasteiger partial charge in [0.1, 0.15) is 5.75 Å². The Kier molecular flexibility index (Phi) is 4.23. The van der Waals surface area contributed by atoms with Gasteiger partial charge in [-0.25, -0.2) is 4.98 Å². The van der Waals surface area contributed by atoms with E-state index in [0.29, 0.717) is 12.4 Å². The molecule has 0 saturated heterocycles. The minimum Gasteiger partial charge on any atom is -0.496 e. The number of anilines is 1. The summed E-state index contributed by atoms with van der Waals surface area (Å²) in [6.45, 7) is 2.75. The Labute approximate surface area is 113 Å². The highest BCUT2D eigenvalue weighted by Gasteiger charge is 2.04. The second kappa shape index (κ2) is 6.09. The average Bonchev–Trinajstić information content (AvgIpc) is 2.45. The van der Waals surface area contributed by atoms with Gasteiger partial charge < -0.3 is 14.8 Å². The lowest BCUT2D eigenvalue weighted by Crippen LogP contribution is -2.02. The van der Waals surface area contributed by atoms with E-state index in [1.807, 2.05) is 31.2 Å². The van der Waals surface area contributed by atoms with E-state index < -0.39 is 0 Å². The molecule has 4 heteroatoms. The van der Waals surface area contributed by atoms with Crippen LogP contribution in [0.15, 0.2) is 36.5 Å².